The van der Waals surface area contributed by atoms with Crippen LogP contribution in [0, 0.1) is 6.92 Å². The van der Waals surface area contributed by atoms with Gasteiger partial charge in [0.15, 0.2) is 0 Å². The van der Waals surface area contributed by atoms with Crippen molar-refractivity contribution in [1.29, 1.82) is 0 Å². The predicted molar refractivity (Wildman–Crippen MR) is 113 cm³/mol. The van der Waals surface area contributed by atoms with Crippen LogP contribution in [0.3, 0.4) is 0 Å². The largest absolute Gasteiger partial charge is 0.497 e. The normalized spacial score (nSPS) is 10.1. The number of pyridine rings is 1. The highest BCUT2D eigenvalue weighted by atomic mass is 16.5. The molecule has 0 bridgehead atoms. The second-order valence-corrected chi connectivity index (χ2v) is 6.17. The summed E-state index contributed by atoms with van der Waals surface area (Å²) in [6, 6.07) is 12.5. The minimum Gasteiger partial charge on any atom is -0.497 e. The number of benzene rings is 1. The first-order chi connectivity index (χ1) is 14.1. The van der Waals surface area contributed by atoms with Gasteiger partial charge in [-0.05, 0) is 48.9 Å². The Kier molecular flexibility index (Phi) is 6.77. The molecule has 0 radical (unpaired) electrons. The molecular formula is C20H23N7O2. The number of hydrogen-bond donors (Lipinski definition) is 4. The second-order valence-electron chi connectivity index (χ2n) is 6.17. The number of carbonyl (C=O) groups excluding carboxylic acids is 1. The number of urea groups is 1. The first-order valence-electron chi connectivity index (χ1n) is 9.07. The minimum atomic E-state index is -0.285. The Bertz CT molecular complexity index is 948. The number of carbonyl (C=O) groups is 1. The number of nitrogens with one attached hydrogen (secondary N) is 4. The van der Waals surface area contributed by atoms with Crippen molar-refractivity contribution in [2.45, 2.75) is 6.92 Å². The molecule has 2 aromatic heterocycles. The van der Waals surface area contributed by atoms with E-state index in [-0.39, 0.29) is 6.03 Å². The highest BCUT2D eigenvalue weighted by Gasteiger charge is 2.03. The van der Waals surface area contributed by atoms with Gasteiger partial charge in [0.05, 0.1) is 7.11 Å². The van der Waals surface area contributed by atoms with Gasteiger partial charge in [0.2, 0.25) is 0 Å². The fourth-order valence-electron chi connectivity index (χ4n) is 2.47. The van der Waals surface area contributed by atoms with Crippen molar-refractivity contribution in [3.05, 3.63) is 60.6 Å². The molecule has 3 aromatic rings. The van der Waals surface area contributed by atoms with Crippen molar-refractivity contribution >= 4 is 29.2 Å². The van der Waals surface area contributed by atoms with Crippen LogP contribution < -0.4 is 26.0 Å². The molecule has 0 fully saturated rings. The van der Waals surface area contributed by atoms with Crippen molar-refractivity contribution in [3.8, 4) is 5.75 Å². The maximum Gasteiger partial charge on any atom is 0.319 e. The van der Waals surface area contributed by atoms with Gasteiger partial charge in [0.25, 0.3) is 0 Å². The lowest BCUT2D eigenvalue weighted by Gasteiger charge is -2.10. The molecule has 0 aliphatic carbocycles. The lowest BCUT2D eigenvalue weighted by Crippen LogP contribution is -2.32. The molecule has 4 N–H and O–H groups in total. The van der Waals surface area contributed by atoms with Gasteiger partial charge in [-0.15, -0.1) is 0 Å². The molecule has 0 spiro atoms. The second kappa shape index (κ2) is 9.88. The molecule has 150 valence electrons. The van der Waals surface area contributed by atoms with Crippen LogP contribution in [0.2, 0.25) is 0 Å². The molecule has 0 atom stereocenters. The van der Waals surface area contributed by atoms with Crippen molar-refractivity contribution in [2.75, 3.05) is 36.1 Å². The summed E-state index contributed by atoms with van der Waals surface area (Å²) in [6.45, 7) is 2.93. The van der Waals surface area contributed by atoms with Gasteiger partial charge in [0, 0.05) is 31.0 Å². The monoisotopic (exact) mass is 393 g/mol. The number of anilines is 4. The number of amides is 2. The molecule has 3 rings (SSSR count). The number of aryl methyl sites for hydroxylation is 1. The van der Waals surface area contributed by atoms with Crippen LogP contribution in [0.5, 0.6) is 5.75 Å². The smallest absolute Gasteiger partial charge is 0.319 e. The van der Waals surface area contributed by atoms with E-state index >= 15 is 0 Å². The Balaban J connectivity index is 1.42. The summed E-state index contributed by atoms with van der Waals surface area (Å²) in [5.41, 5.74) is 1.79. The molecule has 0 unspecified atom stereocenters. The highest BCUT2D eigenvalue weighted by molar-refractivity contribution is 5.89. The Labute approximate surface area is 169 Å². The van der Waals surface area contributed by atoms with E-state index in [0.29, 0.717) is 36.2 Å². The van der Waals surface area contributed by atoms with Crippen LogP contribution in [-0.2, 0) is 0 Å². The Morgan fingerprint density at radius 2 is 1.72 bits per heavy atom. The van der Waals surface area contributed by atoms with Crippen LogP contribution in [-0.4, -0.2) is 41.2 Å². The lowest BCUT2D eigenvalue weighted by atomic mass is 10.3. The molecule has 2 heterocycles. The summed E-state index contributed by atoms with van der Waals surface area (Å²) in [5, 5.41) is 11.8. The number of aromatic nitrogens is 3. The average molecular weight is 393 g/mol. The van der Waals surface area contributed by atoms with E-state index in [2.05, 4.69) is 36.2 Å². The van der Waals surface area contributed by atoms with Crippen molar-refractivity contribution < 1.29 is 9.53 Å². The summed E-state index contributed by atoms with van der Waals surface area (Å²) >= 11 is 0. The molecule has 29 heavy (non-hydrogen) atoms. The topological polar surface area (TPSA) is 113 Å². The Morgan fingerprint density at radius 1 is 0.966 bits per heavy atom. The van der Waals surface area contributed by atoms with Crippen LogP contribution in [0.4, 0.5) is 27.9 Å². The van der Waals surface area contributed by atoms with Gasteiger partial charge < -0.3 is 26.0 Å². The quantitative estimate of drug-likeness (QED) is 0.435. The lowest BCUT2D eigenvalue weighted by molar-refractivity contribution is 0.252. The van der Waals surface area contributed by atoms with E-state index < -0.39 is 0 Å². The first kappa shape index (κ1) is 19.9. The first-order valence-corrected chi connectivity index (χ1v) is 9.07. The van der Waals surface area contributed by atoms with Crippen LogP contribution in [0.1, 0.15) is 5.56 Å². The molecule has 0 saturated heterocycles. The molecule has 0 saturated carbocycles. The van der Waals surface area contributed by atoms with Crippen LogP contribution in [0.15, 0.2) is 55.0 Å². The highest BCUT2D eigenvalue weighted by Crippen LogP contribution is 2.15. The van der Waals surface area contributed by atoms with E-state index in [0.717, 1.165) is 11.3 Å². The Hall–Kier alpha value is -3.88. The SMILES string of the molecule is COc1ccc(NC(=O)NCCNc2cc(Nc3cc(C)ccn3)ncn2)cc1. The molecule has 2 amide bonds. The Morgan fingerprint density at radius 3 is 2.48 bits per heavy atom. The number of ether oxygens (including phenoxy) is 1. The zero-order chi connectivity index (χ0) is 20.5. The van der Waals surface area contributed by atoms with Gasteiger partial charge >= 0.3 is 6.03 Å². The minimum absolute atomic E-state index is 0.285. The molecular weight excluding hydrogens is 370 g/mol. The number of hydrogen-bond acceptors (Lipinski definition) is 7. The van der Waals surface area contributed by atoms with Gasteiger partial charge in [0.1, 0.15) is 29.5 Å². The maximum atomic E-state index is 11.9. The van der Waals surface area contributed by atoms with Crippen molar-refractivity contribution in [1.82, 2.24) is 20.3 Å². The van der Waals surface area contributed by atoms with E-state index in [9.17, 15) is 4.79 Å². The van der Waals surface area contributed by atoms with Gasteiger partial charge in [-0.2, -0.15) is 0 Å². The standard InChI is InChI=1S/C20H23N7O2/c1-14-7-8-21-18(11-14)27-19-12-17(24-13-25-19)22-9-10-23-20(28)26-15-3-5-16(29-2)6-4-15/h3-8,11-13H,9-10H2,1-2H3,(H2,23,26,28)(H2,21,22,24,25,27). The zero-order valence-corrected chi connectivity index (χ0v) is 16.3. The van der Waals surface area contributed by atoms with Gasteiger partial charge in [-0.1, -0.05) is 0 Å². The van der Waals surface area contributed by atoms with Gasteiger partial charge in [-0.25, -0.2) is 19.7 Å². The zero-order valence-electron chi connectivity index (χ0n) is 16.3. The average Bonchev–Trinajstić information content (AvgIpc) is 2.72. The van der Waals surface area contributed by atoms with E-state index in [4.69, 9.17) is 4.74 Å². The fraction of sp³-hybridized carbons (Fsp3) is 0.200. The third kappa shape index (κ3) is 6.35. The van der Waals surface area contributed by atoms with E-state index in [1.54, 1.807) is 43.6 Å². The van der Waals surface area contributed by atoms with E-state index in [1.807, 2.05) is 19.1 Å². The fourth-order valence-corrected chi connectivity index (χ4v) is 2.47. The van der Waals surface area contributed by atoms with E-state index in [1.165, 1.54) is 6.33 Å². The van der Waals surface area contributed by atoms with Crippen molar-refractivity contribution in [2.24, 2.45) is 0 Å². The predicted octanol–water partition coefficient (Wildman–Crippen LogP) is 3.17. The molecule has 9 nitrogen and oxygen atoms in total. The van der Waals surface area contributed by atoms with Crippen molar-refractivity contribution in [3.63, 3.8) is 0 Å². The maximum absolute atomic E-state index is 11.9. The molecule has 0 aliphatic rings. The van der Waals surface area contributed by atoms with Crippen LogP contribution >= 0.6 is 0 Å². The van der Waals surface area contributed by atoms with Gasteiger partial charge in [-0.3, -0.25) is 0 Å². The number of nitrogens with zero attached hydrogens (tertiary/aromatic N) is 3. The summed E-state index contributed by atoms with van der Waals surface area (Å²) in [6.07, 6.45) is 3.20. The number of rotatable bonds is 8. The summed E-state index contributed by atoms with van der Waals surface area (Å²) in [5.74, 6) is 2.72. The third-order valence-corrected chi connectivity index (χ3v) is 3.90. The molecule has 1 aromatic carbocycles. The molecule has 9 heteroatoms. The summed E-state index contributed by atoms with van der Waals surface area (Å²) in [7, 11) is 1.60. The molecule has 0 aliphatic heterocycles. The summed E-state index contributed by atoms with van der Waals surface area (Å²) < 4.78 is 5.09. The third-order valence-electron chi connectivity index (χ3n) is 3.90. The van der Waals surface area contributed by atoms with Crippen LogP contribution in [0.25, 0.3) is 0 Å². The number of methoxy groups -OCH3 is 1. The summed E-state index contributed by atoms with van der Waals surface area (Å²) in [4.78, 5) is 24.6.